The van der Waals surface area contributed by atoms with Gasteiger partial charge in [0.15, 0.2) is 5.82 Å². The summed E-state index contributed by atoms with van der Waals surface area (Å²) >= 11 is 0. The summed E-state index contributed by atoms with van der Waals surface area (Å²) < 4.78 is 36.3. The second-order valence-electron chi connectivity index (χ2n) is 8.55. The van der Waals surface area contributed by atoms with Crippen LogP contribution in [0.15, 0.2) is 30.5 Å². The summed E-state index contributed by atoms with van der Waals surface area (Å²) in [5.74, 6) is 0.0425. The van der Waals surface area contributed by atoms with Gasteiger partial charge >= 0.3 is 0 Å². The Kier molecular flexibility index (Phi) is 6.00. The second kappa shape index (κ2) is 9.10. The molecule has 176 valence electrons. The minimum Gasteiger partial charge on any atom is -0.508 e. The highest BCUT2D eigenvalue weighted by atomic mass is 19.1. The van der Waals surface area contributed by atoms with Crippen LogP contribution in [0.5, 0.6) is 5.75 Å². The van der Waals surface area contributed by atoms with E-state index in [0.29, 0.717) is 58.5 Å². The molecule has 6 nitrogen and oxygen atoms in total. The predicted octanol–water partition coefficient (Wildman–Crippen LogP) is 5.32. The maximum atomic E-state index is 16.1. The van der Waals surface area contributed by atoms with E-state index in [0.717, 1.165) is 26.0 Å². The first-order chi connectivity index (χ1) is 16.5. The van der Waals surface area contributed by atoms with Crippen molar-refractivity contribution in [3.05, 3.63) is 53.5 Å². The molecule has 1 saturated heterocycles. The monoisotopic (exact) mass is 464 g/mol. The molecule has 1 fully saturated rings. The van der Waals surface area contributed by atoms with Crippen molar-refractivity contribution < 1.29 is 18.6 Å². The molecule has 5 rings (SSSR count). The van der Waals surface area contributed by atoms with Crippen LogP contribution < -0.4 is 4.90 Å². The van der Waals surface area contributed by atoms with Crippen LogP contribution in [0.25, 0.3) is 32.9 Å². The molecule has 0 aliphatic carbocycles. The lowest BCUT2D eigenvalue weighted by molar-refractivity contribution is 0.129. The number of ether oxygens (including phenoxy) is 1. The molecule has 0 spiro atoms. The van der Waals surface area contributed by atoms with E-state index in [4.69, 9.17) is 4.74 Å². The Morgan fingerprint density at radius 3 is 2.76 bits per heavy atom. The number of hydrogen-bond donors (Lipinski definition) is 1. The number of fused-ring (bicyclic) bond motifs is 2. The van der Waals surface area contributed by atoms with Gasteiger partial charge in [0.25, 0.3) is 0 Å². The molecule has 2 aromatic carbocycles. The van der Waals surface area contributed by atoms with E-state index >= 15 is 4.39 Å². The van der Waals surface area contributed by atoms with Gasteiger partial charge in [-0.1, -0.05) is 13.0 Å². The molecular weight excluding hydrogens is 438 g/mol. The van der Waals surface area contributed by atoms with Gasteiger partial charge in [0, 0.05) is 31.5 Å². The zero-order chi connectivity index (χ0) is 23.8. The second-order valence-corrected chi connectivity index (χ2v) is 8.55. The molecule has 0 amide bonds. The maximum absolute atomic E-state index is 16.1. The largest absolute Gasteiger partial charge is 0.508 e. The zero-order valence-corrected chi connectivity index (χ0v) is 19.2. The van der Waals surface area contributed by atoms with Gasteiger partial charge in [-0.05, 0) is 60.7 Å². The molecule has 34 heavy (non-hydrogen) atoms. The number of aromatic hydroxyl groups is 1. The average molecular weight is 465 g/mol. The van der Waals surface area contributed by atoms with E-state index in [9.17, 15) is 9.50 Å². The van der Waals surface area contributed by atoms with Crippen molar-refractivity contribution in [2.45, 2.75) is 33.1 Å². The van der Waals surface area contributed by atoms with Crippen LogP contribution in [0.4, 0.5) is 14.6 Å². The SMILES string of the molecule is CCc1c(F)ccc2cc(O)cc(-c3ncc4c(N5CCCCOCC5)nc(C)nc4c3F)c12. The molecule has 0 unspecified atom stereocenters. The van der Waals surface area contributed by atoms with Crippen molar-refractivity contribution in [3.8, 4) is 17.0 Å². The number of hydrogen-bond acceptors (Lipinski definition) is 6. The first-order valence-corrected chi connectivity index (χ1v) is 11.6. The van der Waals surface area contributed by atoms with E-state index in [-0.39, 0.29) is 22.8 Å². The fourth-order valence-corrected chi connectivity index (χ4v) is 4.72. The molecule has 1 N–H and O–H groups in total. The fraction of sp³-hybridized carbons (Fsp3) is 0.346. The van der Waals surface area contributed by atoms with E-state index in [1.54, 1.807) is 25.3 Å². The van der Waals surface area contributed by atoms with E-state index in [1.165, 1.54) is 12.1 Å². The summed E-state index contributed by atoms with van der Waals surface area (Å²) in [6.45, 7) is 6.32. The van der Waals surface area contributed by atoms with Crippen LogP contribution in [-0.4, -0.2) is 46.4 Å². The van der Waals surface area contributed by atoms with E-state index < -0.39 is 5.82 Å². The minimum absolute atomic E-state index is 0.0220. The lowest BCUT2D eigenvalue weighted by atomic mass is 9.94. The molecule has 4 aromatic rings. The van der Waals surface area contributed by atoms with Gasteiger partial charge < -0.3 is 14.7 Å². The van der Waals surface area contributed by atoms with Crippen LogP contribution in [0.1, 0.15) is 31.2 Å². The Hall–Kier alpha value is -3.39. The number of aryl methyl sites for hydroxylation is 2. The molecule has 8 heteroatoms. The smallest absolute Gasteiger partial charge is 0.175 e. The summed E-state index contributed by atoms with van der Waals surface area (Å²) in [7, 11) is 0. The third kappa shape index (κ3) is 3.92. The molecule has 0 atom stereocenters. The fourth-order valence-electron chi connectivity index (χ4n) is 4.72. The van der Waals surface area contributed by atoms with Crippen molar-refractivity contribution >= 4 is 27.5 Å². The average Bonchev–Trinajstić information content (AvgIpc) is 2.79. The summed E-state index contributed by atoms with van der Waals surface area (Å²) in [6, 6.07) is 5.93. The van der Waals surface area contributed by atoms with Crippen molar-refractivity contribution in [2.24, 2.45) is 0 Å². The van der Waals surface area contributed by atoms with Gasteiger partial charge in [-0.3, -0.25) is 4.98 Å². The molecular formula is C26H26F2N4O2. The topological polar surface area (TPSA) is 71.4 Å². The Labute approximate surface area is 196 Å². The number of benzene rings is 2. The van der Waals surface area contributed by atoms with Crippen molar-refractivity contribution in [3.63, 3.8) is 0 Å². The third-order valence-electron chi connectivity index (χ3n) is 6.31. The predicted molar refractivity (Wildman–Crippen MR) is 128 cm³/mol. The van der Waals surface area contributed by atoms with Crippen LogP contribution >= 0.6 is 0 Å². The number of pyridine rings is 1. The molecule has 3 heterocycles. The Balaban J connectivity index is 1.74. The Morgan fingerprint density at radius 1 is 1.09 bits per heavy atom. The standard InChI is InChI=1S/C26H26F2N4O2/c1-3-18-21(27)7-6-16-12-17(33)13-19(22(16)18)24-23(28)25-20(14-29-24)26(31-15(2)30-25)32-8-4-5-10-34-11-9-32/h6-7,12-14,33H,3-5,8-11H2,1-2H3. The van der Waals surface area contributed by atoms with E-state index in [2.05, 4.69) is 19.9 Å². The molecule has 0 radical (unpaired) electrons. The minimum atomic E-state index is -0.620. The van der Waals surface area contributed by atoms with Gasteiger partial charge in [-0.25, -0.2) is 18.7 Å². The summed E-state index contributed by atoms with van der Waals surface area (Å²) in [4.78, 5) is 15.5. The first-order valence-electron chi connectivity index (χ1n) is 11.6. The van der Waals surface area contributed by atoms with E-state index in [1.807, 2.05) is 6.92 Å². The van der Waals surface area contributed by atoms with Crippen molar-refractivity contribution in [1.29, 1.82) is 0 Å². The molecule has 1 aliphatic heterocycles. The number of rotatable bonds is 3. The number of nitrogens with zero attached hydrogens (tertiary/aromatic N) is 4. The Bertz CT molecular complexity index is 1390. The lowest BCUT2D eigenvalue weighted by Crippen LogP contribution is -2.32. The lowest BCUT2D eigenvalue weighted by Gasteiger charge is -2.27. The Morgan fingerprint density at radius 2 is 1.94 bits per heavy atom. The van der Waals surface area contributed by atoms with Crippen molar-refractivity contribution in [2.75, 3.05) is 31.2 Å². The number of phenols is 1. The maximum Gasteiger partial charge on any atom is 0.175 e. The van der Waals surface area contributed by atoms with Crippen LogP contribution in [0, 0.1) is 18.6 Å². The van der Waals surface area contributed by atoms with Crippen LogP contribution in [0.3, 0.4) is 0 Å². The molecule has 2 aromatic heterocycles. The quantitative estimate of drug-likeness (QED) is 0.443. The van der Waals surface area contributed by atoms with Crippen LogP contribution in [0.2, 0.25) is 0 Å². The number of halogens is 2. The van der Waals surface area contributed by atoms with Gasteiger partial charge in [0.2, 0.25) is 0 Å². The highest BCUT2D eigenvalue weighted by Gasteiger charge is 2.22. The summed E-state index contributed by atoms with van der Waals surface area (Å²) in [5.41, 5.74) is 0.965. The number of phenolic OH excluding ortho intramolecular Hbond substituents is 1. The first kappa shape index (κ1) is 22.4. The zero-order valence-electron chi connectivity index (χ0n) is 19.2. The van der Waals surface area contributed by atoms with Gasteiger partial charge in [0.1, 0.15) is 34.4 Å². The summed E-state index contributed by atoms with van der Waals surface area (Å²) in [5, 5.41) is 12.0. The van der Waals surface area contributed by atoms with Crippen LogP contribution in [-0.2, 0) is 11.2 Å². The van der Waals surface area contributed by atoms with Crippen molar-refractivity contribution in [1.82, 2.24) is 15.0 Å². The highest BCUT2D eigenvalue weighted by molar-refractivity contribution is 6.01. The molecule has 0 bridgehead atoms. The normalized spacial score (nSPS) is 15.0. The van der Waals surface area contributed by atoms with Gasteiger partial charge in [-0.2, -0.15) is 0 Å². The number of aromatic nitrogens is 3. The highest BCUT2D eigenvalue weighted by Crippen LogP contribution is 2.38. The number of anilines is 1. The summed E-state index contributed by atoms with van der Waals surface area (Å²) in [6.07, 6.45) is 3.89. The molecule has 0 saturated carbocycles. The van der Waals surface area contributed by atoms with Gasteiger partial charge in [0.05, 0.1) is 12.0 Å². The molecule has 1 aliphatic rings. The van der Waals surface area contributed by atoms with Gasteiger partial charge in [-0.15, -0.1) is 0 Å². The third-order valence-corrected chi connectivity index (χ3v) is 6.31.